The summed E-state index contributed by atoms with van der Waals surface area (Å²) >= 11 is 0. The van der Waals surface area contributed by atoms with E-state index >= 15 is 0 Å². The minimum absolute atomic E-state index is 0.280. The molecule has 0 aromatic rings. The molecule has 0 unspecified atom stereocenters. The van der Waals surface area contributed by atoms with Gasteiger partial charge in [-0.05, 0) is 0 Å². The average molecular weight is 178 g/mol. The maximum Gasteiger partial charge on any atom is 0.396 e. The highest BCUT2D eigenvalue weighted by atomic mass is 16.4. The van der Waals surface area contributed by atoms with Crippen molar-refractivity contribution in [3.63, 3.8) is 0 Å². The minimum Gasteiger partial charge on any atom is -0.474 e. The number of carboxylic acids is 1. The summed E-state index contributed by atoms with van der Waals surface area (Å²) in [5, 5.41) is 25.4. The van der Waals surface area contributed by atoms with Crippen molar-refractivity contribution in [3.8, 4) is 0 Å². The number of hydrogen-bond donors (Lipinski definition) is 4. The molecule has 0 atom stereocenters. The van der Waals surface area contributed by atoms with Crippen LogP contribution in [0, 0.1) is 0 Å². The van der Waals surface area contributed by atoms with E-state index in [1.807, 2.05) is 0 Å². The van der Waals surface area contributed by atoms with Crippen LogP contribution in [0.1, 0.15) is 0 Å². The Balaban J connectivity index is 4.25. The largest absolute Gasteiger partial charge is 0.474 e. The molecule has 7 nitrogen and oxygen atoms in total. The van der Waals surface area contributed by atoms with Gasteiger partial charge in [0.2, 0.25) is 0 Å². The summed E-state index contributed by atoms with van der Waals surface area (Å²) in [6.45, 7) is -1.18. The van der Waals surface area contributed by atoms with E-state index < -0.39 is 31.1 Å². The van der Waals surface area contributed by atoms with Crippen LogP contribution in [0.4, 0.5) is 0 Å². The molecule has 5 N–H and O–H groups in total. The van der Waals surface area contributed by atoms with Crippen molar-refractivity contribution in [2.75, 3.05) is 13.2 Å². The number of hydrazine groups is 1. The van der Waals surface area contributed by atoms with E-state index in [1.54, 1.807) is 0 Å². The van der Waals surface area contributed by atoms with Gasteiger partial charge < -0.3 is 15.3 Å². The van der Waals surface area contributed by atoms with Crippen LogP contribution >= 0.6 is 0 Å². The smallest absolute Gasteiger partial charge is 0.396 e. The Morgan fingerprint density at radius 1 is 1.33 bits per heavy atom. The van der Waals surface area contributed by atoms with Crippen molar-refractivity contribution in [2.24, 2.45) is 5.84 Å². The third kappa shape index (κ3) is 2.46. The van der Waals surface area contributed by atoms with Gasteiger partial charge in [0.05, 0.1) is 19.3 Å². The van der Waals surface area contributed by atoms with E-state index in [0.29, 0.717) is 0 Å². The molecule has 0 fully saturated rings. The molecule has 0 spiro atoms. The van der Waals surface area contributed by atoms with Gasteiger partial charge in [-0.2, -0.15) is 0 Å². The predicted octanol–water partition coefficient (Wildman–Crippen LogP) is -2.87. The van der Waals surface area contributed by atoms with Crippen LogP contribution in [-0.4, -0.2) is 51.5 Å². The summed E-state index contributed by atoms with van der Waals surface area (Å²) < 4.78 is 0. The molecule has 0 radical (unpaired) electrons. The molecule has 0 aromatic carbocycles. The van der Waals surface area contributed by atoms with Crippen molar-refractivity contribution in [2.45, 2.75) is 6.04 Å². The standard InChI is InChI=1S/C5H10N2O5/c6-7(3(1-8)2-9)4(10)5(11)12/h3,8-9H,1-2,6H2,(H,11,12). The Morgan fingerprint density at radius 3 is 2.00 bits per heavy atom. The number of aliphatic hydroxyl groups is 2. The fourth-order valence-corrected chi connectivity index (χ4v) is 0.510. The lowest BCUT2D eigenvalue weighted by atomic mass is 10.3. The molecule has 1 amide bonds. The topological polar surface area (TPSA) is 124 Å². The van der Waals surface area contributed by atoms with E-state index in [-0.39, 0.29) is 5.01 Å². The third-order valence-electron chi connectivity index (χ3n) is 1.23. The molecular weight excluding hydrogens is 168 g/mol. The van der Waals surface area contributed by atoms with Gasteiger partial charge in [-0.3, -0.25) is 9.80 Å². The summed E-state index contributed by atoms with van der Waals surface area (Å²) in [5.41, 5.74) is 0. The van der Waals surface area contributed by atoms with E-state index in [9.17, 15) is 9.59 Å². The second kappa shape index (κ2) is 4.65. The van der Waals surface area contributed by atoms with Crippen LogP contribution in [0.15, 0.2) is 0 Å². The molecule has 0 aromatic heterocycles. The van der Waals surface area contributed by atoms with E-state index in [0.717, 1.165) is 0 Å². The normalized spacial score (nSPS) is 10.0. The van der Waals surface area contributed by atoms with Gasteiger partial charge in [0.25, 0.3) is 0 Å². The molecule has 70 valence electrons. The number of carboxylic acid groups (broad SMARTS) is 1. The Hall–Kier alpha value is -1.18. The molecular formula is C5H10N2O5. The van der Waals surface area contributed by atoms with Gasteiger partial charge in [0, 0.05) is 0 Å². The first-order chi connectivity index (χ1) is 5.54. The number of aliphatic carboxylic acids is 1. The quantitative estimate of drug-likeness (QED) is 0.159. The zero-order valence-corrected chi connectivity index (χ0v) is 6.17. The molecule has 7 heteroatoms. The maximum atomic E-state index is 10.6. The first kappa shape index (κ1) is 10.8. The van der Waals surface area contributed by atoms with Gasteiger partial charge in [0.15, 0.2) is 0 Å². The Labute approximate surface area is 68.0 Å². The van der Waals surface area contributed by atoms with Gasteiger partial charge >= 0.3 is 11.9 Å². The number of rotatable bonds is 3. The average Bonchev–Trinajstić information content (AvgIpc) is 2.05. The summed E-state index contributed by atoms with van der Waals surface area (Å²) in [6, 6.07) is -1.08. The number of carbonyl (C=O) groups excluding carboxylic acids is 1. The van der Waals surface area contributed by atoms with Crippen LogP contribution in [0.3, 0.4) is 0 Å². The van der Waals surface area contributed by atoms with Crippen LogP contribution in [0.5, 0.6) is 0 Å². The van der Waals surface area contributed by atoms with Crippen molar-refractivity contribution >= 4 is 11.9 Å². The lowest BCUT2D eigenvalue weighted by Crippen LogP contribution is -2.51. The van der Waals surface area contributed by atoms with Crippen molar-refractivity contribution < 1.29 is 24.9 Å². The summed E-state index contributed by atoms with van der Waals surface area (Å²) in [7, 11) is 0. The minimum atomic E-state index is -1.73. The molecule has 0 aliphatic carbocycles. The highest BCUT2D eigenvalue weighted by molar-refractivity contribution is 6.31. The molecule has 0 bridgehead atoms. The fraction of sp³-hybridized carbons (Fsp3) is 0.600. The second-order valence-electron chi connectivity index (χ2n) is 2.04. The molecule has 0 heterocycles. The van der Waals surface area contributed by atoms with Crippen molar-refractivity contribution in [1.29, 1.82) is 0 Å². The number of nitrogens with zero attached hydrogens (tertiary/aromatic N) is 1. The maximum absolute atomic E-state index is 10.6. The summed E-state index contributed by atoms with van der Waals surface area (Å²) in [6.07, 6.45) is 0. The van der Waals surface area contributed by atoms with Crippen LogP contribution in [0.2, 0.25) is 0 Å². The predicted molar refractivity (Wildman–Crippen MR) is 36.6 cm³/mol. The summed E-state index contributed by atoms with van der Waals surface area (Å²) in [5.74, 6) is 1.86. The van der Waals surface area contributed by atoms with Crippen molar-refractivity contribution in [3.05, 3.63) is 0 Å². The molecule has 0 saturated carbocycles. The Kier molecular flexibility index (Phi) is 4.19. The van der Waals surface area contributed by atoms with E-state index in [4.69, 9.17) is 21.2 Å². The molecule has 0 rings (SSSR count). The molecule has 12 heavy (non-hydrogen) atoms. The number of amides is 1. The van der Waals surface area contributed by atoms with Crippen LogP contribution in [-0.2, 0) is 9.59 Å². The van der Waals surface area contributed by atoms with Crippen LogP contribution < -0.4 is 5.84 Å². The first-order valence-corrected chi connectivity index (χ1v) is 3.07. The Bertz CT molecular complexity index is 179. The van der Waals surface area contributed by atoms with Crippen LogP contribution in [0.25, 0.3) is 0 Å². The highest BCUT2D eigenvalue weighted by Gasteiger charge is 2.24. The lowest BCUT2D eigenvalue weighted by molar-refractivity contribution is -0.158. The number of nitrogens with two attached hydrogens (primary N) is 1. The van der Waals surface area contributed by atoms with E-state index in [2.05, 4.69) is 0 Å². The number of aliphatic hydroxyl groups excluding tert-OH is 2. The first-order valence-electron chi connectivity index (χ1n) is 3.07. The highest BCUT2D eigenvalue weighted by Crippen LogP contribution is 1.92. The molecule has 0 saturated heterocycles. The van der Waals surface area contributed by atoms with Crippen molar-refractivity contribution in [1.82, 2.24) is 5.01 Å². The van der Waals surface area contributed by atoms with Gasteiger partial charge in [-0.15, -0.1) is 0 Å². The SMILES string of the molecule is NN(C(=O)C(=O)O)C(CO)CO. The zero-order valence-electron chi connectivity index (χ0n) is 6.17. The van der Waals surface area contributed by atoms with Gasteiger partial charge in [-0.25, -0.2) is 10.6 Å². The number of carbonyl (C=O) groups is 2. The Morgan fingerprint density at radius 2 is 1.75 bits per heavy atom. The summed E-state index contributed by atoms with van der Waals surface area (Å²) in [4.78, 5) is 20.6. The molecule has 0 aliphatic heterocycles. The van der Waals surface area contributed by atoms with Gasteiger partial charge in [-0.1, -0.05) is 0 Å². The monoisotopic (exact) mass is 178 g/mol. The zero-order chi connectivity index (χ0) is 9.72. The van der Waals surface area contributed by atoms with E-state index in [1.165, 1.54) is 0 Å². The second-order valence-corrected chi connectivity index (χ2v) is 2.04. The lowest BCUT2D eigenvalue weighted by Gasteiger charge is -2.21. The fourth-order valence-electron chi connectivity index (χ4n) is 0.510. The third-order valence-corrected chi connectivity index (χ3v) is 1.23. The molecule has 0 aliphatic rings. The number of hydrogen-bond acceptors (Lipinski definition) is 5. The van der Waals surface area contributed by atoms with Gasteiger partial charge in [0.1, 0.15) is 0 Å².